The van der Waals surface area contributed by atoms with Crippen molar-refractivity contribution in [2.24, 2.45) is 5.92 Å². The topological polar surface area (TPSA) is 24.5 Å². The highest BCUT2D eigenvalue weighted by Gasteiger charge is 2.35. The standard InChI is InChI=1S/C23H31FN2O/c1-19(2)12-15-26-16-13-23(14-17-26,25-22-6-4-3-5-7-22)27-18-20-8-10-21(24)11-9-20/h3-11,19,25H,12-18H2,1-2H3. The smallest absolute Gasteiger partial charge is 0.141 e. The number of halogens is 1. The number of nitrogens with one attached hydrogen (secondary N) is 1. The number of piperidine rings is 1. The van der Waals surface area contributed by atoms with Gasteiger partial charge in [0.1, 0.15) is 11.5 Å². The zero-order chi connectivity index (χ0) is 19.1. The molecule has 4 heteroatoms. The largest absolute Gasteiger partial charge is 0.358 e. The lowest BCUT2D eigenvalue weighted by molar-refractivity contribution is -0.0738. The first kappa shape index (κ1) is 19.8. The van der Waals surface area contributed by atoms with E-state index < -0.39 is 0 Å². The molecule has 27 heavy (non-hydrogen) atoms. The first-order valence-electron chi connectivity index (χ1n) is 9.99. The zero-order valence-corrected chi connectivity index (χ0v) is 16.5. The number of hydrogen-bond acceptors (Lipinski definition) is 3. The fraction of sp³-hybridized carbons (Fsp3) is 0.478. The molecule has 0 spiro atoms. The molecule has 146 valence electrons. The average molecular weight is 371 g/mol. The SMILES string of the molecule is CC(C)CCN1CCC(Nc2ccccc2)(OCc2ccc(F)cc2)CC1. The molecule has 0 amide bonds. The summed E-state index contributed by atoms with van der Waals surface area (Å²) in [5.74, 6) is 0.517. The van der Waals surface area contributed by atoms with Gasteiger partial charge in [0.2, 0.25) is 0 Å². The molecule has 1 fully saturated rings. The monoisotopic (exact) mass is 370 g/mol. The van der Waals surface area contributed by atoms with Gasteiger partial charge < -0.3 is 15.0 Å². The van der Waals surface area contributed by atoms with E-state index in [1.54, 1.807) is 12.1 Å². The van der Waals surface area contributed by atoms with Gasteiger partial charge in [-0.2, -0.15) is 0 Å². The summed E-state index contributed by atoms with van der Waals surface area (Å²) in [5, 5.41) is 3.64. The number of benzene rings is 2. The summed E-state index contributed by atoms with van der Waals surface area (Å²) in [6, 6.07) is 16.8. The Labute approximate surface area is 162 Å². The van der Waals surface area contributed by atoms with Gasteiger partial charge in [-0.25, -0.2) is 4.39 Å². The van der Waals surface area contributed by atoms with Crippen molar-refractivity contribution in [3.8, 4) is 0 Å². The molecular formula is C23H31FN2O. The van der Waals surface area contributed by atoms with Gasteiger partial charge in [-0.1, -0.05) is 44.2 Å². The van der Waals surface area contributed by atoms with E-state index in [-0.39, 0.29) is 11.5 Å². The lowest BCUT2D eigenvalue weighted by Crippen LogP contribution is -2.51. The number of hydrogen-bond donors (Lipinski definition) is 1. The second-order valence-electron chi connectivity index (χ2n) is 7.92. The minimum Gasteiger partial charge on any atom is -0.358 e. The van der Waals surface area contributed by atoms with E-state index in [2.05, 4.69) is 36.2 Å². The lowest BCUT2D eigenvalue weighted by atomic mass is 9.98. The van der Waals surface area contributed by atoms with Crippen LogP contribution in [0.2, 0.25) is 0 Å². The van der Waals surface area contributed by atoms with Gasteiger partial charge in [-0.15, -0.1) is 0 Å². The highest BCUT2D eigenvalue weighted by Crippen LogP contribution is 2.30. The predicted octanol–water partition coefficient (Wildman–Crippen LogP) is 5.29. The molecule has 0 radical (unpaired) electrons. The molecule has 0 saturated carbocycles. The summed E-state index contributed by atoms with van der Waals surface area (Å²) in [5.41, 5.74) is 1.68. The van der Waals surface area contributed by atoms with Crippen LogP contribution in [0.15, 0.2) is 54.6 Å². The molecule has 0 aromatic heterocycles. The maximum Gasteiger partial charge on any atom is 0.141 e. The van der Waals surface area contributed by atoms with E-state index in [9.17, 15) is 4.39 Å². The van der Waals surface area contributed by atoms with Gasteiger partial charge in [-0.05, 0) is 48.7 Å². The van der Waals surface area contributed by atoms with Crippen LogP contribution in [-0.4, -0.2) is 30.3 Å². The number of anilines is 1. The van der Waals surface area contributed by atoms with Gasteiger partial charge in [0, 0.05) is 31.6 Å². The van der Waals surface area contributed by atoms with Crippen molar-refractivity contribution in [2.75, 3.05) is 25.0 Å². The summed E-state index contributed by atoms with van der Waals surface area (Å²) in [7, 11) is 0. The second kappa shape index (κ2) is 9.34. The van der Waals surface area contributed by atoms with Crippen molar-refractivity contribution in [3.05, 3.63) is 66.0 Å². The van der Waals surface area contributed by atoms with Gasteiger partial charge in [-0.3, -0.25) is 0 Å². The van der Waals surface area contributed by atoms with Gasteiger partial charge >= 0.3 is 0 Å². The Kier molecular flexibility index (Phi) is 6.86. The Hall–Kier alpha value is -1.91. The lowest BCUT2D eigenvalue weighted by Gasteiger charge is -2.43. The Bertz CT molecular complexity index is 679. The van der Waals surface area contributed by atoms with Crippen LogP contribution in [-0.2, 0) is 11.3 Å². The van der Waals surface area contributed by atoms with Crippen molar-refractivity contribution >= 4 is 5.69 Å². The predicted molar refractivity (Wildman–Crippen MR) is 109 cm³/mol. The maximum atomic E-state index is 13.2. The number of likely N-dealkylation sites (tertiary alicyclic amines) is 1. The number of rotatable bonds is 8. The third kappa shape index (κ3) is 6.05. The molecule has 1 aliphatic heterocycles. The molecule has 0 aliphatic carbocycles. The highest BCUT2D eigenvalue weighted by atomic mass is 19.1. The van der Waals surface area contributed by atoms with E-state index in [0.29, 0.717) is 6.61 Å². The zero-order valence-electron chi connectivity index (χ0n) is 16.5. The van der Waals surface area contributed by atoms with Crippen LogP contribution in [0.1, 0.15) is 38.7 Å². The van der Waals surface area contributed by atoms with Crippen molar-refractivity contribution in [1.29, 1.82) is 0 Å². The van der Waals surface area contributed by atoms with Crippen LogP contribution in [0.4, 0.5) is 10.1 Å². The molecule has 0 unspecified atom stereocenters. The molecule has 2 aromatic rings. The normalized spacial score (nSPS) is 17.2. The fourth-order valence-corrected chi connectivity index (χ4v) is 3.47. The molecule has 1 saturated heterocycles. The Morgan fingerprint density at radius 3 is 2.33 bits per heavy atom. The third-order valence-corrected chi connectivity index (χ3v) is 5.26. The van der Waals surface area contributed by atoms with Crippen LogP contribution in [0.25, 0.3) is 0 Å². The summed E-state index contributed by atoms with van der Waals surface area (Å²) in [6.45, 7) is 8.23. The quantitative estimate of drug-likeness (QED) is 0.639. The minimum atomic E-state index is -0.385. The molecule has 3 nitrogen and oxygen atoms in total. The van der Waals surface area contributed by atoms with Crippen LogP contribution in [0.5, 0.6) is 0 Å². The Morgan fingerprint density at radius 2 is 1.70 bits per heavy atom. The number of ether oxygens (including phenoxy) is 1. The fourth-order valence-electron chi connectivity index (χ4n) is 3.47. The molecule has 1 N–H and O–H groups in total. The van der Waals surface area contributed by atoms with Crippen molar-refractivity contribution in [2.45, 2.75) is 45.4 Å². The van der Waals surface area contributed by atoms with Gasteiger partial charge in [0.05, 0.1) is 6.61 Å². The maximum absolute atomic E-state index is 13.2. The van der Waals surface area contributed by atoms with Crippen LogP contribution >= 0.6 is 0 Å². The molecule has 3 rings (SSSR count). The summed E-state index contributed by atoms with van der Waals surface area (Å²) < 4.78 is 19.6. The molecule has 0 bridgehead atoms. The second-order valence-corrected chi connectivity index (χ2v) is 7.92. The van der Waals surface area contributed by atoms with E-state index in [1.165, 1.54) is 18.6 Å². The van der Waals surface area contributed by atoms with Crippen molar-refractivity contribution in [1.82, 2.24) is 4.90 Å². The van der Waals surface area contributed by atoms with E-state index in [0.717, 1.165) is 49.6 Å². The van der Waals surface area contributed by atoms with Gasteiger partial charge in [0.25, 0.3) is 0 Å². The third-order valence-electron chi connectivity index (χ3n) is 5.26. The average Bonchev–Trinajstić information content (AvgIpc) is 2.68. The number of para-hydroxylation sites is 1. The summed E-state index contributed by atoms with van der Waals surface area (Å²) >= 11 is 0. The van der Waals surface area contributed by atoms with Crippen LogP contribution in [0, 0.1) is 11.7 Å². The first-order chi connectivity index (χ1) is 13.0. The van der Waals surface area contributed by atoms with E-state index in [4.69, 9.17) is 4.74 Å². The molecular weight excluding hydrogens is 339 g/mol. The van der Waals surface area contributed by atoms with Crippen molar-refractivity contribution < 1.29 is 9.13 Å². The minimum absolute atomic E-state index is 0.214. The highest BCUT2D eigenvalue weighted by molar-refractivity contribution is 5.44. The van der Waals surface area contributed by atoms with E-state index >= 15 is 0 Å². The first-order valence-corrected chi connectivity index (χ1v) is 9.99. The van der Waals surface area contributed by atoms with Crippen LogP contribution < -0.4 is 5.32 Å². The molecule has 2 aromatic carbocycles. The molecule has 1 heterocycles. The van der Waals surface area contributed by atoms with E-state index in [1.807, 2.05) is 18.2 Å². The molecule has 0 atom stereocenters. The Balaban J connectivity index is 1.65. The molecule has 1 aliphatic rings. The van der Waals surface area contributed by atoms with Gasteiger partial charge in [0.15, 0.2) is 0 Å². The summed E-state index contributed by atoms with van der Waals surface area (Å²) in [4.78, 5) is 2.53. The summed E-state index contributed by atoms with van der Waals surface area (Å²) in [6.07, 6.45) is 3.10. The number of nitrogens with zero attached hydrogens (tertiary/aromatic N) is 1. The van der Waals surface area contributed by atoms with Crippen molar-refractivity contribution in [3.63, 3.8) is 0 Å². The Morgan fingerprint density at radius 1 is 1.04 bits per heavy atom. The van der Waals surface area contributed by atoms with Crippen LogP contribution in [0.3, 0.4) is 0 Å².